The van der Waals surface area contributed by atoms with Crippen LogP contribution in [0.15, 0.2) is 10.7 Å². The molecule has 6 nitrogen and oxygen atoms in total. The highest BCUT2D eigenvalue weighted by molar-refractivity contribution is 9.10. The summed E-state index contributed by atoms with van der Waals surface area (Å²) in [6, 6.07) is 0.389. The van der Waals surface area contributed by atoms with Crippen molar-refractivity contribution in [3.05, 3.63) is 16.4 Å². The Morgan fingerprint density at radius 2 is 2.17 bits per heavy atom. The van der Waals surface area contributed by atoms with E-state index >= 15 is 0 Å². The monoisotopic (exact) mass is 316 g/mol. The summed E-state index contributed by atoms with van der Waals surface area (Å²) in [4.78, 5) is 4.68. The highest BCUT2D eigenvalue weighted by Crippen LogP contribution is 2.28. The number of rotatable bonds is 3. The molecule has 0 bridgehead atoms. The highest BCUT2D eigenvalue weighted by atomic mass is 79.9. The standard InChI is InChI=1S/C11H21BrN6/c1-16-4-5-17(2)9(7-16)10(15-13)11-8(12)6-14-18(11)3/h6,9-10,15H,4-5,7,13H2,1-3H3. The van der Waals surface area contributed by atoms with E-state index in [-0.39, 0.29) is 6.04 Å². The summed E-state index contributed by atoms with van der Waals surface area (Å²) in [6.45, 7) is 3.13. The Kier molecular flexibility index (Phi) is 4.39. The number of halogens is 1. The minimum absolute atomic E-state index is 0.0552. The maximum atomic E-state index is 5.78. The minimum atomic E-state index is 0.0552. The molecule has 18 heavy (non-hydrogen) atoms. The molecule has 0 saturated carbocycles. The number of nitrogens with two attached hydrogens (primary N) is 1. The summed E-state index contributed by atoms with van der Waals surface area (Å²) in [5.74, 6) is 5.78. The molecule has 3 N–H and O–H groups in total. The first kappa shape index (κ1) is 14.0. The molecule has 2 unspecified atom stereocenters. The van der Waals surface area contributed by atoms with E-state index in [0.29, 0.717) is 6.04 Å². The Morgan fingerprint density at radius 3 is 2.72 bits per heavy atom. The van der Waals surface area contributed by atoms with Crippen molar-refractivity contribution in [2.45, 2.75) is 12.1 Å². The Balaban J connectivity index is 2.27. The second-order valence-electron chi connectivity index (χ2n) is 4.96. The normalized spacial score (nSPS) is 24.4. The predicted octanol–water partition coefficient (Wildman–Crippen LogP) is -0.0672. The lowest BCUT2D eigenvalue weighted by molar-refractivity contribution is 0.0853. The second kappa shape index (κ2) is 5.66. The van der Waals surface area contributed by atoms with Crippen molar-refractivity contribution in [1.82, 2.24) is 25.0 Å². The number of aromatic nitrogens is 2. The molecule has 2 heterocycles. The smallest absolute Gasteiger partial charge is 0.0807 e. The first-order valence-electron chi connectivity index (χ1n) is 6.07. The van der Waals surface area contributed by atoms with Crippen LogP contribution in [0.2, 0.25) is 0 Å². The van der Waals surface area contributed by atoms with E-state index in [1.165, 1.54) is 0 Å². The molecule has 0 radical (unpaired) electrons. The molecule has 1 saturated heterocycles. The molecule has 0 aromatic carbocycles. The molecule has 102 valence electrons. The maximum absolute atomic E-state index is 5.78. The van der Waals surface area contributed by atoms with Gasteiger partial charge in [-0.1, -0.05) is 0 Å². The van der Waals surface area contributed by atoms with Crippen LogP contribution in [0, 0.1) is 0 Å². The van der Waals surface area contributed by atoms with E-state index in [1.54, 1.807) is 0 Å². The van der Waals surface area contributed by atoms with Crippen LogP contribution in [0.25, 0.3) is 0 Å². The Bertz CT molecular complexity index is 387. The molecule has 2 rings (SSSR count). The third-order valence-corrected chi connectivity index (χ3v) is 4.31. The van der Waals surface area contributed by atoms with E-state index in [1.807, 2.05) is 17.9 Å². The van der Waals surface area contributed by atoms with Crippen LogP contribution >= 0.6 is 15.9 Å². The van der Waals surface area contributed by atoms with Crippen molar-refractivity contribution < 1.29 is 0 Å². The van der Waals surface area contributed by atoms with Crippen molar-refractivity contribution in [2.24, 2.45) is 12.9 Å². The van der Waals surface area contributed by atoms with Crippen molar-refractivity contribution in [3.63, 3.8) is 0 Å². The van der Waals surface area contributed by atoms with Gasteiger partial charge in [0.15, 0.2) is 0 Å². The lowest BCUT2D eigenvalue weighted by Gasteiger charge is -2.41. The third kappa shape index (κ3) is 2.60. The summed E-state index contributed by atoms with van der Waals surface area (Å²) in [5, 5.41) is 4.27. The predicted molar refractivity (Wildman–Crippen MR) is 74.9 cm³/mol. The van der Waals surface area contributed by atoms with Gasteiger partial charge in [0.25, 0.3) is 0 Å². The van der Waals surface area contributed by atoms with E-state index in [2.05, 4.69) is 50.3 Å². The number of hydrazine groups is 1. The number of nitrogens with zero attached hydrogens (tertiary/aromatic N) is 4. The minimum Gasteiger partial charge on any atom is -0.303 e. The topological polar surface area (TPSA) is 62.4 Å². The zero-order valence-electron chi connectivity index (χ0n) is 11.1. The quantitative estimate of drug-likeness (QED) is 0.604. The van der Waals surface area contributed by atoms with Crippen LogP contribution in [0.5, 0.6) is 0 Å². The van der Waals surface area contributed by atoms with Gasteiger partial charge in [-0.15, -0.1) is 0 Å². The van der Waals surface area contributed by atoms with Crippen molar-refractivity contribution in [2.75, 3.05) is 33.7 Å². The number of piperazine rings is 1. The van der Waals surface area contributed by atoms with Crippen LogP contribution < -0.4 is 11.3 Å². The van der Waals surface area contributed by atoms with E-state index in [4.69, 9.17) is 5.84 Å². The first-order chi connectivity index (χ1) is 8.54. The summed E-state index contributed by atoms with van der Waals surface area (Å²) < 4.78 is 2.87. The lowest BCUT2D eigenvalue weighted by atomic mass is 10.0. The van der Waals surface area contributed by atoms with Crippen molar-refractivity contribution in [1.29, 1.82) is 0 Å². The van der Waals surface area contributed by atoms with E-state index in [9.17, 15) is 0 Å². The van der Waals surface area contributed by atoms with Gasteiger partial charge in [-0.05, 0) is 30.0 Å². The van der Waals surface area contributed by atoms with Gasteiger partial charge in [0, 0.05) is 32.7 Å². The summed E-state index contributed by atoms with van der Waals surface area (Å²) in [5.41, 5.74) is 4.04. The molecule has 1 aliphatic heterocycles. The zero-order valence-corrected chi connectivity index (χ0v) is 12.7. The third-order valence-electron chi connectivity index (χ3n) is 3.70. The lowest BCUT2D eigenvalue weighted by Crippen LogP contribution is -2.56. The largest absolute Gasteiger partial charge is 0.303 e. The van der Waals surface area contributed by atoms with Gasteiger partial charge < -0.3 is 4.90 Å². The number of hydrogen-bond acceptors (Lipinski definition) is 5. The first-order valence-corrected chi connectivity index (χ1v) is 6.86. The van der Waals surface area contributed by atoms with Gasteiger partial charge in [0.05, 0.1) is 22.4 Å². The molecule has 7 heteroatoms. The molecule has 0 aliphatic carbocycles. The number of hydrogen-bond donors (Lipinski definition) is 2. The molecule has 0 amide bonds. The van der Waals surface area contributed by atoms with Crippen LogP contribution in [-0.2, 0) is 7.05 Å². The van der Waals surface area contributed by atoms with E-state index in [0.717, 1.165) is 29.8 Å². The number of likely N-dealkylation sites (N-methyl/N-ethyl adjacent to an activating group) is 2. The van der Waals surface area contributed by atoms with Gasteiger partial charge in [-0.25, -0.2) is 5.43 Å². The molecule has 0 spiro atoms. The maximum Gasteiger partial charge on any atom is 0.0807 e. The number of nitrogens with one attached hydrogen (secondary N) is 1. The van der Waals surface area contributed by atoms with Gasteiger partial charge in [-0.3, -0.25) is 15.4 Å². The molecular weight excluding hydrogens is 296 g/mol. The fourth-order valence-electron chi connectivity index (χ4n) is 2.55. The van der Waals surface area contributed by atoms with Gasteiger partial charge in [0.2, 0.25) is 0 Å². The Hall–Kier alpha value is -0.470. The summed E-state index contributed by atoms with van der Waals surface area (Å²) >= 11 is 3.55. The van der Waals surface area contributed by atoms with Crippen molar-refractivity contribution >= 4 is 15.9 Å². The molecule has 1 aromatic heterocycles. The SMILES string of the molecule is CN1CCN(C)C(C(NN)c2c(Br)cnn2C)C1. The van der Waals surface area contributed by atoms with Crippen molar-refractivity contribution in [3.8, 4) is 0 Å². The van der Waals surface area contributed by atoms with E-state index < -0.39 is 0 Å². The van der Waals surface area contributed by atoms with Crippen LogP contribution in [0.4, 0.5) is 0 Å². The van der Waals surface area contributed by atoms with Gasteiger partial charge >= 0.3 is 0 Å². The van der Waals surface area contributed by atoms with Gasteiger partial charge in [-0.2, -0.15) is 5.10 Å². The average Bonchev–Trinajstić information content (AvgIpc) is 2.66. The fraction of sp³-hybridized carbons (Fsp3) is 0.727. The molecule has 1 fully saturated rings. The Morgan fingerprint density at radius 1 is 1.44 bits per heavy atom. The molecule has 1 aliphatic rings. The molecule has 2 atom stereocenters. The zero-order chi connectivity index (χ0) is 13.3. The Labute approximate surface area is 116 Å². The van der Waals surface area contributed by atoms with Gasteiger partial charge in [0.1, 0.15) is 0 Å². The second-order valence-corrected chi connectivity index (χ2v) is 5.81. The molecule has 1 aromatic rings. The summed E-state index contributed by atoms with van der Waals surface area (Å²) in [6.07, 6.45) is 1.81. The summed E-state index contributed by atoms with van der Waals surface area (Å²) in [7, 11) is 6.23. The average molecular weight is 317 g/mol. The fourth-order valence-corrected chi connectivity index (χ4v) is 3.14. The van der Waals surface area contributed by atoms with Crippen LogP contribution in [0.1, 0.15) is 11.7 Å². The number of aryl methyl sites for hydroxylation is 1. The highest BCUT2D eigenvalue weighted by Gasteiger charge is 2.33. The van der Waals surface area contributed by atoms with Crippen LogP contribution in [0.3, 0.4) is 0 Å². The van der Waals surface area contributed by atoms with Crippen LogP contribution in [-0.4, -0.2) is 59.4 Å². The molecular formula is C11H21BrN6.